The number of nitrogens with one attached hydrogen (secondary N) is 1. The molecule has 1 aromatic rings. The molecule has 1 N–H and O–H groups in total. The van der Waals surface area contributed by atoms with Gasteiger partial charge in [-0.25, -0.2) is 5.43 Å². The lowest BCUT2D eigenvalue weighted by Crippen LogP contribution is -2.19. The van der Waals surface area contributed by atoms with Gasteiger partial charge in [0.05, 0.1) is 4.88 Å². The maximum atomic E-state index is 12.2. The smallest absolute Gasteiger partial charge is 0.266 e. The molecule has 1 aromatic heterocycles. The van der Waals surface area contributed by atoms with Crippen LogP contribution in [0.3, 0.4) is 0 Å². The van der Waals surface area contributed by atoms with E-state index in [0.717, 1.165) is 42.2 Å². The predicted octanol–water partition coefficient (Wildman–Crippen LogP) is 3.92. The Kier molecular flexibility index (Phi) is 4.20. The minimum atomic E-state index is -0.0323. The second-order valence-electron chi connectivity index (χ2n) is 6.09. The van der Waals surface area contributed by atoms with Crippen molar-refractivity contribution in [3.8, 4) is 0 Å². The summed E-state index contributed by atoms with van der Waals surface area (Å²) in [6.07, 6.45) is 9.29. The third kappa shape index (κ3) is 3.11. The van der Waals surface area contributed by atoms with Crippen LogP contribution in [0.5, 0.6) is 0 Å². The van der Waals surface area contributed by atoms with Gasteiger partial charge in [0.1, 0.15) is 0 Å². The lowest BCUT2D eigenvalue weighted by Gasteiger charge is -2.16. The van der Waals surface area contributed by atoms with Gasteiger partial charge in [0.15, 0.2) is 0 Å². The minimum absolute atomic E-state index is 0.0323. The highest BCUT2D eigenvalue weighted by Gasteiger charge is 2.20. The summed E-state index contributed by atoms with van der Waals surface area (Å²) in [5.41, 5.74) is 5.28. The van der Waals surface area contributed by atoms with Crippen molar-refractivity contribution in [3.05, 3.63) is 21.4 Å². The average Bonchev–Trinajstić information content (AvgIpc) is 2.89. The van der Waals surface area contributed by atoms with E-state index in [1.165, 1.54) is 36.1 Å². The quantitative estimate of drug-likeness (QED) is 0.824. The van der Waals surface area contributed by atoms with Crippen LogP contribution in [-0.2, 0) is 12.8 Å². The largest absolute Gasteiger partial charge is 0.281 e. The van der Waals surface area contributed by atoms with Crippen molar-refractivity contribution < 1.29 is 4.79 Å². The minimum Gasteiger partial charge on any atom is -0.266 e. The molecule has 4 heteroatoms. The molecule has 0 saturated heterocycles. The molecule has 1 amide bonds. The Morgan fingerprint density at radius 2 is 2.10 bits per heavy atom. The van der Waals surface area contributed by atoms with E-state index in [0.29, 0.717) is 0 Å². The molecule has 1 saturated carbocycles. The zero-order valence-electron chi connectivity index (χ0n) is 12.1. The molecule has 1 heterocycles. The molecule has 2 aliphatic carbocycles. The molecule has 1 atom stereocenters. The fourth-order valence-electron chi connectivity index (χ4n) is 3.07. The van der Waals surface area contributed by atoms with E-state index in [2.05, 4.69) is 23.5 Å². The number of hydrogen-bond donors (Lipinski definition) is 1. The molecule has 1 fully saturated rings. The Labute approximate surface area is 124 Å². The average molecular weight is 290 g/mol. The number of nitrogens with zero attached hydrogens (tertiary/aromatic N) is 1. The van der Waals surface area contributed by atoms with Gasteiger partial charge in [-0.15, -0.1) is 11.3 Å². The number of amides is 1. The monoisotopic (exact) mass is 290 g/mol. The van der Waals surface area contributed by atoms with Crippen LogP contribution in [0, 0.1) is 5.92 Å². The van der Waals surface area contributed by atoms with Gasteiger partial charge in [0.2, 0.25) is 0 Å². The first-order valence-corrected chi connectivity index (χ1v) is 8.51. The van der Waals surface area contributed by atoms with Crippen molar-refractivity contribution in [2.24, 2.45) is 11.0 Å². The third-order valence-electron chi connectivity index (χ3n) is 4.30. The number of rotatable bonds is 2. The van der Waals surface area contributed by atoms with Gasteiger partial charge in [-0.05, 0) is 62.5 Å². The van der Waals surface area contributed by atoms with Crippen LogP contribution in [0.4, 0.5) is 0 Å². The third-order valence-corrected chi connectivity index (χ3v) is 5.54. The van der Waals surface area contributed by atoms with E-state index >= 15 is 0 Å². The summed E-state index contributed by atoms with van der Waals surface area (Å²) >= 11 is 1.65. The lowest BCUT2D eigenvalue weighted by molar-refractivity contribution is 0.0958. The molecule has 3 rings (SSSR count). The summed E-state index contributed by atoms with van der Waals surface area (Å²) in [5, 5.41) is 4.30. The first-order chi connectivity index (χ1) is 9.72. The molecule has 3 nitrogen and oxygen atoms in total. The van der Waals surface area contributed by atoms with E-state index < -0.39 is 0 Å². The first-order valence-electron chi connectivity index (χ1n) is 7.69. The summed E-state index contributed by atoms with van der Waals surface area (Å²) in [6.45, 7) is 2.29. The molecule has 108 valence electrons. The maximum absolute atomic E-state index is 12.2. The van der Waals surface area contributed by atoms with Gasteiger partial charge in [-0.3, -0.25) is 4.79 Å². The van der Waals surface area contributed by atoms with Crippen LogP contribution >= 0.6 is 11.3 Å². The Hall–Kier alpha value is -1.16. The number of thiophene rings is 1. The summed E-state index contributed by atoms with van der Waals surface area (Å²) in [7, 11) is 0. The SMILES string of the molecule is C[C@H]1CCc2sc(C(=O)NN=C3CCCCC3)cc2C1. The Bertz CT molecular complexity index is 525. The van der Waals surface area contributed by atoms with Crippen molar-refractivity contribution in [1.29, 1.82) is 0 Å². The Balaban J connectivity index is 1.65. The summed E-state index contributed by atoms with van der Waals surface area (Å²) < 4.78 is 0. The van der Waals surface area contributed by atoms with E-state index in [1.54, 1.807) is 11.3 Å². The highest BCUT2D eigenvalue weighted by atomic mass is 32.1. The van der Waals surface area contributed by atoms with Crippen LogP contribution in [0.2, 0.25) is 0 Å². The summed E-state index contributed by atoms with van der Waals surface area (Å²) in [6, 6.07) is 2.08. The Morgan fingerprint density at radius 1 is 1.30 bits per heavy atom. The van der Waals surface area contributed by atoms with Crippen molar-refractivity contribution in [1.82, 2.24) is 5.43 Å². The normalized spacial score (nSPS) is 22.2. The fraction of sp³-hybridized carbons (Fsp3) is 0.625. The van der Waals surface area contributed by atoms with Crippen molar-refractivity contribution >= 4 is 23.0 Å². The molecule has 0 radical (unpaired) electrons. The number of carbonyl (C=O) groups is 1. The molecular weight excluding hydrogens is 268 g/mol. The van der Waals surface area contributed by atoms with Crippen LogP contribution in [0.1, 0.15) is 65.6 Å². The van der Waals surface area contributed by atoms with Crippen LogP contribution in [0.15, 0.2) is 11.2 Å². The maximum Gasteiger partial charge on any atom is 0.281 e. The molecule has 0 bridgehead atoms. The highest BCUT2D eigenvalue weighted by Crippen LogP contribution is 2.32. The number of hydrazone groups is 1. The first kappa shape index (κ1) is 13.8. The van der Waals surface area contributed by atoms with E-state index in [-0.39, 0.29) is 5.91 Å². The molecule has 0 unspecified atom stereocenters. The second kappa shape index (κ2) is 6.08. The van der Waals surface area contributed by atoms with E-state index in [4.69, 9.17) is 0 Å². The highest BCUT2D eigenvalue weighted by molar-refractivity contribution is 7.14. The lowest BCUT2D eigenvalue weighted by atomic mass is 9.90. The van der Waals surface area contributed by atoms with E-state index in [1.807, 2.05) is 0 Å². The van der Waals surface area contributed by atoms with Crippen molar-refractivity contribution in [3.63, 3.8) is 0 Å². The van der Waals surface area contributed by atoms with Gasteiger partial charge in [-0.1, -0.05) is 13.3 Å². The standard InChI is InChI=1S/C16H22N2OS/c1-11-7-8-14-12(9-11)10-15(20-14)16(19)18-17-13-5-3-2-4-6-13/h10-11H,2-9H2,1H3,(H,18,19)/t11-/m0/s1. The van der Waals surface area contributed by atoms with Gasteiger partial charge in [-0.2, -0.15) is 5.10 Å². The predicted molar refractivity (Wildman–Crippen MR) is 83.5 cm³/mol. The molecular formula is C16H22N2OS. The molecule has 0 spiro atoms. The number of carbonyl (C=O) groups excluding carboxylic acids is 1. The van der Waals surface area contributed by atoms with Gasteiger partial charge in [0, 0.05) is 10.6 Å². The molecule has 20 heavy (non-hydrogen) atoms. The van der Waals surface area contributed by atoms with Crippen molar-refractivity contribution in [2.45, 2.75) is 58.3 Å². The second-order valence-corrected chi connectivity index (χ2v) is 7.22. The fourth-order valence-corrected chi connectivity index (χ4v) is 4.17. The number of aryl methyl sites for hydroxylation is 1. The topological polar surface area (TPSA) is 41.5 Å². The van der Waals surface area contributed by atoms with Gasteiger partial charge >= 0.3 is 0 Å². The molecule has 0 aromatic carbocycles. The van der Waals surface area contributed by atoms with E-state index in [9.17, 15) is 4.79 Å². The van der Waals surface area contributed by atoms with Crippen LogP contribution in [-0.4, -0.2) is 11.6 Å². The van der Waals surface area contributed by atoms with Crippen LogP contribution in [0.25, 0.3) is 0 Å². The zero-order valence-corrected chi connectivity index (χ0v) is 12.9. The summed E-state index contributed by atoms with van der Waals surface area (Å²) in [5.74, 6) is 0.714. The number of fused-ring (bicyclic) bond motifs is 1. The molecule has 2 aliphatic rings. The van der Waals surface area contributed by atoms with Gasteiger partial charge in [0.25, 0.3) is 5.91 Å². The zero-order chi connectivity index (χ0) is 13.9. The number of hydrogen-bond acceptors (Lipinski definition) is 3. The van der Waals surface area contributed by atoms with Crippen molar-refractivity contribution in [2.75, 3.05) is 0 Å². The Morgan fingerprint density at radius 3 is 2.90 bits per heavy atom. The molecule has 0 aliphatic heterocycles. The van der Waals surface area contributed by atoms with Crippen LogP contribution < -0.4 is 5.43 Å². The summed E-state index contributed by atoms with van der Waals surface area (Å²) in [4.78, 5) is 14.4. The van der Waals surface area contributed by atoms with Gasteiger partial charge < -0.3 is 0 Å².